The lowest BCUT2D eigenvalue weighted by Gasteiger charge is -2.22. The van der Waals surface area contributed by atoms with Crippen LogP contribution in [0.15, 0.2) is 6.07 Å². The molecule has 0 aliphatic carbocycles. The number of aryl methyl sites for hydroxylation is 1. The number of carbonyl (C=O) groups excluding carboxylic acids is 1. The quantitative estimate of drug-likeness (QED) is 0.881. The number of thiophene rings is 1. The van der Waals surface area contributed by atoms with Crippen LogP contribution in [-0.4, -0.2) is 36.5 Å². The van der Waals surface area contributed by atoms with Crippen molar-refractivity contribution in [1.29, 1.82) is 0 Å². The predicted molar refractivity (Wildman–Crippen MR) is 83.7 cm³/mol. The summed E-state index contributed by atoms with van der Waals surface area (Å²) in [5.41, 5.74) is 0. The topological polar surface area (TPSA) is 58.1 Å². The van der Waals surface area contributed by atoms with Crippen LogP contribution in [-0.2, 0) is 4.79 Å². The number of hydrogen-bond donors (Lipinski definition) is 1. The minimum absolute atomic E-state index is 0.00902. The molecule has 2 aromatic heterocycles. The maximum atomic E-state index is 11.6. The van der Waals surface area contributed by atoms with Gasteiger partial charge in [0.25, 0.3) is 0 Å². The third kappa shape index (κ3) is 3.02. The molecule has 0 saturated carbocycles. The van der Waals surface area contributed by atoms with Crippen molar-refractivity contribution in [2.24, 2.45) is 5.92 Å². The van der Waals surface area contributed by atoms with Crippen molar-refractivity contribution in [3.8, 4) is 0 Å². The molecular weight excluding hydrogens is 296 g/mol. The van der Waals surface area contributed by atoms with Crippen LogP contribution in [0.1, 0.15) is 11.8 Å². The molecule has 1 N–H and O–H groups in total. The number of fused-ring (bicyclic) bond motifs is 1. The highest BCUT2D eigenvalue weighted by atomic mass is 35.5. The highest BCUT2D eigenvalue weighted by Gasteiger charge is 2.18. The van der Waals surface area contributed by atoms with E-state index in [1.54, 1.807) is 18.4 Å². The first-order valence-electron chi connectivity index (χ1n) is 6.28. The van der Waals surface area contributed by atoms with E-state index in [1.807, 2.05) is 31.9 Å². The minimum atomic E-state index is -0.131. The Morgan fingerprint density at radius 1 is 1.55 bits per heavy atom. The molecule has 0 saturated heterocycles. The summed E-state index contributed by atoms with van der Waals surface area (Å²) in [5, 5.41) is 3.86. The Labute approximate surface area is 127 Å². The number of amides is 1. The molecule has 0 radical (unpaired) electrons. The Balaban J connectivity index is 2.34. The Bertz CT molecular complexity index is 643. The Hall–Kier alpha value is -1.40. The van der Waals surface area contributed by atoms with Crippen LogP contribution in [0, 0.1) is 12.8 Å². The molecule has 0 aliphatic heterocycles. The van der Waals surface area contributed by atoms with Crippen molar-refractivity contribution in [1.82, 2.24) is 15.3 Å². The zero-order valence-electron chi connectivity index (χ0n) is 11.9. The zero-order valence-corrected chi connectivity index (χ0v) is 13.5. The molecule has 20 heavy (non-hydrogen) atoms. The monoisotopic (exact) mass is 312 g/mol. The number of rotatable bonds is 4. The van der Waals surface area contributed by atoms with Gasteiger partial charge in [0.05, 0.1) is 11.3 Å². The average Bonchev–Trinajstić information content (AvgIpc) is 2.76. The summed E-state index contributed by atoms with van der Waals surface area (Å²) in [5.74, 6) is 0.642. The van der Waals surface area contributed by atoms with Crippen LogP contribution >= 0.6 is 22.9 Å². The average molecular weight is 313 g/mol. The maximum Gasteiger partial charge on any atom is 0.225 e. The summed E-state index contributed by atoms with van der Waals surface area (Å²) in [7, 11) is 3.55. The molecule has 1 unspecified atom stereocenters. The number of carbonyl (C=O) groups is 1. The third-order valence-electron chi connectivity index (χ3n) is 3.07. The SMILES string of the molecule is CNC(=O)C(C)CN(C)c1nc(Cl)nc2sc(C)cc12. The summed E-state index contributed by atoms with van der Waals surface area (Å²) in [6, 6.07) is 2.05. The van der Waals surface area contributed by atoms with Crippen molar-refractivity contribution < 1.29 is 4.79 Å². The molecule has 0 fully saturated rings. The number of halogens is 1. The van der Waals surface area contributed by atoms with Crippen LogP contribution in [0.25, 0.3) is 10.2 Å². The second kappa shape index (κ2) is 5.93. The second-order valence-electron chi connectivity index (χ2n) is 4.79. The first kappa shape index (κ1) is 15.0. The summed E-state index contributed by atoms with van der Waals surface area (Å²) in [6.07, 6.45) is 0. The van der Waals surface area contributed by atoms with Gasteiger partial charge in [-0.25, -0.2) is 4.98 Å². The van der Waals surface area contributed by atoms with E-state index in [0.29, 0.717) is 6.54 Å². The van der Waals surface area contributed by atoms with Crippen molar-refractivity contribution in [2.45, 2.75) is 13.8 Å². The van der Waals surface area contributed by atoms with E-state index >= 15 is 0 Å². The van der Waals surface area contributed by atoms with Crippen LogP contribution in [0.2, 0.25) is 5.28 Å². The van der Waals surface area contributed by atoms with Gasteiger partial charge >= 0.3 is 0 Å². The second-order valence-corrected chi connectivity index (χ2v) is 6.36. The number of hydrogen-bond acceptors (Lipinski definition) is 5. The predicted octanol–water partition coefficient (Wildman–Crippen LogP) is 2.47. The summed E-state index contributed by atoms with van der Waals surface area (Å²) >= 11 is 7.57. The molecule has 0 aliphatic rings. The highest BCUT2D eigenvalue weighted by Crippen LogP contribution is 2.31. The van der Waals surface area contributed by atoms with Gasteiger partial charge in [-0.05, 0) is 24.6 Å². The first-order chi connectivity index (χ1) is 9.42. The third-order valence-corrected chi connectivity index (χ3v) is 4.19. The number of nitrogens with zero attached hydrogens (tertiary/aromatic N) is 3. The highest BCUT2D eigenvalue weighted by molar-refractivity contribution is 7.18. The Morgan fingerprint density at radius 2 is 2.25 bits per heavy atom. The van der Waals surface area contributed by atoms with Crippen molar-refractivity contribution >= 4 is 44.9 Å². The van der Waals surface area contributed by atoms with Crippen LogP contribution in [0.3, 0.4) is 0 Å². The molecule has 7 heteroatoms. The van der Waals surface area contributed by atoms with E-state index in [9.17, 15) is 4.79 Å². The van der Waals surface area contributed by atoms with E-state index < -0.39 is 0 Å². The molecule has 0 aromatic carbocycles. The van der Waals surface area contributed by atoms with Crippen molar-refractivity contribution in [3.63, 3.8) is 0 Å². The summed E-state index contributed by atoms with van der Waals surface area (Å²) in [4.78, 5) is 24.1. The number of anilines is 1. The summed E-state index contributed by atoms with van der Waals surface area (Å²) < 4.78 is 0. The molecule has 2 aromatic rings. The van der Waals surface area contributed by atoms with Gasteiger partial charge in [-0.2, -0.15) is 4.98 Å². The smallest absolute Gasteiger partial charge is 0.225 e. The molecule has 1 amide bonds. The van der Waals surface area contributed by atoms with Gasteiger partial charge in [0.1, 0.15) is 10.6 Å². The lowest BCUT2D eigenvalue weighted by Crippen LogP contribution is -2.34. The first-order valence-corrected chi connectivity index (χ1v) is 7.48. The van der Waals surface area contributed by atoms with Gasteiger partial charge in [-0.1, -0.05) is 6.92 Å². The molecule has 108 valence electrons. The fraction of sp³-hybridized carbons (Fsp3) is 0.462. The fourth-order valence-electron chi connectivity index (χ4n) is 2.12. The maximum absolute atomic E-state index is 11.6. The fourth-order valence-corrected chi connectivity index (χ4v) is 3.21. The zero-order chi connectivity index (χ0) is 14.9. The Morgan fingerprint density at radius 3 is 2.90 bits per heavy atom. The van der Waals surface area contributed by atoms with Gasteiger partial charge in [0.2, 0.25) is 11.2 Å². The minimum Gasteiger partial charge on any atom is -0.359 e. The standard InChI is InChI=1S/C13H17ClN4OS/c1-7(11(19)15-3)6-18(4)10-9-5-8(2)20-12(9)17-13(14)16-10/h5,7H,6H2,1-4H3,(H,15,19). The van der Waals surface area contributed by atoms with Crippen molar-refractivity contribution in [3.05, 3.63) is 16.2 Å². The normalized spacial score (nSPS) is 12.4. The van der Waals surface area contributed by atoms with Gasteiger partial charge < -0.3 is 10.2 Å². The molecule has 5 nitrogen and oxygen atoms in total. The van der Waals surface area contributed by atoms with E-state index in [1.165, 1.54) is 0 Å². The van der Waals surface area contributed by atoms with Crippen LogP contribution in [0.5, 0.6) is 0 Å². The van der Waals surface area contributed by atoms with Gasteiger partial charge in [0, 0.05) is 25.5 Å². The van der Waals surface area contributed by atoms with Gasteiger partial charge in [-0.3, -0.25) is 4.79 Å². The van der Waals surface area contributed by atoms with E-state index in [-0.39, 0.29) is 17.1 Å². The van der Waals surface area contributed by atoms with E-state index in [4.69, 9.17) is 11.6 Å². The van der Waals surface area contributed by atoms with E-state index in [2.05, 4.69) is 15.3 Å². The summed E-state index contributed by atoms with van der Waals surface area (Å²) in [6.45, 7) is 4.47. The number of nitrogens with one attached hydrogen (secondary N) is 1. The molecule has 0 spiro atoms. The van der Waals surface area contributed by atoms with E-state index in [0.717, 1.165) is 20.9 Å². The molecular formula is C13H17ClN4OS. The molecule has 0 bridgehead atoms. The van der Waals surface area contributed by atoms with Gasteiger partial charge in [0.15, 0.2) is 0 Å². The van der Waals surface area contributed by atoms with Crippen molar-refractivity contribution in [2.75, 3.05) is 25.5 Å². The molecule has 2 rings (SSSR count). The van der Waals surface area contributed by atoms with Crippen LogP contribution < -0.4 is 10.2 Å². The molecule has 2 heterocycles. The Kier molecular flexibility index (Phi) is 4.45. The largest absolute Gasteiger partial charge is 0.359 e. The van der Waals surface area contributed by atoms with Gasteiger partial charge in [-0.15, -0.1) is 11.3 Å². The molecule has 1 atom stereocenters. The number of aromatic nitrogens is 2. The lowest BCUT2D eigenvalue weighted by molar-refractivity contribution is -0.123. The lowest BCUT2D eigenvalue weighted by atomic mass is 10.1. The van der Waals surface area contributed by atoms with Crippen LogP contribution in [0.4, 0.5) is 5.82 Å².